The average Bonchev–Trinajstić information content (AvgIpc) is 3.14. The number of aryl methyl sites for hydroxylation is 1. The number of rotatable bonds is 6. The zero-order chi connectivity index (χ0) is 24.9. The van der Waals surface area contributed by atoms with Gasteiger partial charge in [-0.2, -0.15) is 0 Å². The fourth-order valence-electron chi connectivity index (χ4n) is 4.25. The van der Waals surface area contributed by atoms with Gasteiger partial charge in [-0.1, -0.05) is 18.2 Å². The average molecular weight is 514 g/mol. The molecular formula is C23H23N5O5S2. The van der Waals surface area contributed by atoms with E-state index in [0.29, 0.717) is 39.6 Å². The van der Waals surface area contributed by atoms with Gasteiger partial charge in [0.1, 0.15) is 19.5 Å². The van der Waals surface area contributed by atoms with E-state index in [1.54, 1.807) is 17.2 Å². The van der Waals surface area contributed by atoms with Crippen LogP contribution in [0.5, 0.6) is 0 Å². The van der Waals surface area contributed by atoms with Gasteiger partial charge in [0, 0.05) is 32.0 Å². The van der Waals surface area contributed by atoms with E-state index in [2.05, 4.69) is 15.6 Å². The molecule has 1 aromatic carbocycles. The number of pyridine rings is 1. The largest absolute Gasteiger partial charge is 0.345 e. The van der Waals surface area contributed by atoms with Crippen molar-refractivity contribution in [3.8, 4) is 0 Å². The first-order valence-corrected chi connectivity index (χ1v) is 13.8. The van der Waals surface area contributed by atoms with Gasteiger partial charge in [-0.3, -0.25) is 14.5 Å². The van der Waals surface area contributed by atoms with Crippen molar-refractivity contribution >= 4 is 66.3 Å². The summed E-state index contributed by atoms with van der Waals surface area (Å²) in [7, 11) is -3.21. The highest BCUT2D eigenvalue weighted by atomic mass is 32.2. The Bertz CT molecular complexity index is 1480. The number of likely N-dealkylation sites (tertiary alicyclic amines) is 1. The maximum Gasteiger partial charge on any atom is 0.331 e. The van der Waals surface area contributed by atoms with Crippen molar-refractivity contribution in [1.82, 2.24) is 15.2 Å². The maximum absolute atomic E-state index is 13.1. The molecular weight excluding hydrogens is 490 g/mol. The molecule has 2 N–H and O–H groups in total. The Hall–Kier alpha value is -3.51. The number of hydrogen-bond donors (Lipinski definition) is 2. The zero-order valence-corrected chi connectivity index (χ0v) is 20.7. The Morgan fingerprint density at radius 1 is 1.20 bits per heavy atom. The second kappa shape index (κ2) is 8.61. The van der Waals surface area contributed by atoms with Crippen LogP contribution in [-0.4, -0.2) is 67.3 Å². The van der Waals surface area contributed by atoms with Gasteiger partial charge in [-0.05, 0) is 24.6 Å². The Balaban J connectivity index is 1.35. The first-order valence-electron chi connectivity index (χ1n) is 11.0. The number of amides is 4. The van der Waals surface area contributed by atoms with E-state index >= 15 is 0 Å². The van der Waals surface area contributed by atoms with Crippen LogP contribution in [0.3, 0.4) is 0 Å². The third kappa shape index (κ3) is 4.34. The van der Waals surface area contributed by atoms with Gasteiger partial charge in [0.25, 0.3) is 5.91 Å². The molecule has 10 nitrogen and oxygen atoms in total. The molecule has 2 aliphatic rings. The number of benzene rings is 1. The quantitative estimate of drug-likeness (QED) is 0.522. The number of aromatic nitrogens is 1. The Labute approximate surface area is 205 Å². The van der Waals surface area contributed by atoms with Gasteiger partial charge >= 0.3 is 6.03 Å². The molecule has 0 unspecified atom stereocenters. The van der Waals surface area contributed by atoms with Gasteiger partial charge in [-0.25, -0.2) is 18.2 Å². The molecule has 4 heterocycles. The highest BCUT2D eigenvalue weighted by molar-refractivity contribution is 7.90. The van der Waals surface area contributed by atoms with Crippen LogP contribution < -0.4 is 15.5 Å². The molecule has 182 valence electrons. The molecule has 0 saturated carbocycles. The van der Waals surface area contributed by atoms with Crippen LogP contribution in [0.4, 0.5) is 21.9 Å². The van der Waals surface area contributed by atoms with Gasteiger partial charge in [0.15, 0.2) is 0 Å². The Morgan fingerprint density at radius 3 is 2.66 bits per heavy atom. The molecule has 0 atom stereocenters. The fraction of sp³-hybridized carbons (Fsp3) is 0.304. The minimum absolute atomic E-state index is 0.0716. The van der Waals surface area contributed by atoms with E-state index in [-0.39, 0.29) is 36.1 Å². The number of sulfone groups is 1. The molecule has 2 aromatic heterocycles. The van der Waals surface area contributed by atoms with Gasteiger partial charge in [-0.15, -0.1) is 11.3 Å². The number of thiophene rings is 1. The second-order valence-corrected chi connectivity index (χ2v) is 12.0. The summed E-state index contributed by atoms with van der Waals surface area (Å²) in [5.41, 5.74) is 2.77. The fourth-order valence-corrected chi connectivity index (χ4v) is 5.82. The van der Waals surface area contributed by atoms with Crippen molar-refractivity contribution in [2.24, 2.45) is 0 Å². The van der Waals surface area contributed by atoms with Crippen LogP contribution in [0.15, 0.2) is 36.5 Å². The lowest BCUT2D eigenvalue weighted by Crippen LogP contribution is -2.61. The third-order valence-corrected chi connectivity index (χ3v) is 8.11. The van der Waals surface area contributed by atoms with Crippen LogP contribution in [0.2, 0.25) is 0 Å². The molecule has 1 saturated heterocycles. The van der Waals surface area contributed by atoms with Crippen molar-refractivity contribution in [2.45, 2.75) is 19.4 Å². The number of para-hydroxylation sites is 1. The molecule has 4 amide bonds. The van der Waals surface area contributed by atoms with Crippen molar-refractivity contribution < 1.29 is 22.8 Å². The van der Waals surface area contributed by atoms with E-state index in [0.717, 1.165) is 17.5 Å². The molecule has 0 aliphatic carbocycles. The predicted octanol–water partition coefficient (Wildman–Crippen LogP) is 2.66. The standard InChI is InChI=1S/C23H23N5O5S2/c1-13-5-3-4-6-15(13)28-16-7-9-24-22-18(16)19(26-23(28)31)20(34-22)21(30)25-14-11-27(12-14)17(29)8-10-35(2,32)33/h3-7,9,14H,8,10-12H2,1-2H3,(H,25,30)(H,26,31). The minimum atomic E-state index is -3.21. The van der Waals surface area contributed by atoms with Crippen LogP contribution >= 0.6 is 11.3 Å². The first-order chi connectivity index (χ1) is 16.6. The molecule has 12 heteroatoms. The monoisotopic (exact) mass is 513 g/mol. The van der Waals surface area contributed by atoms with Crippen LogP contribution in [-0.2, 0) is 14.6 Å². The molecule has 3 aromatic rings. The van der Waals surface area contributed by atoms with Crippen LogP contribution in [0.1, 0.15) is 21.7 Å². The SMILES string of the molecule is Cc1ccccc1N1C(=O)Nc2c(C(=O)NC3CN(C(=O)CCS(C)(=O)=O)C3)sc3nccc1c23. The van der Waals surface area contributed by atoms with E-state index < -0.39 is 9.84 Å². The first kappa shape index (κ1) is 23.2. The van der Waals surface area contributed by atoms with E-state index in [1.807, 2.05) is 31.2 Å². The number of anilines is 3. The summed E-state index contributed by atoms with van der Waals surface area (Å²) in [4.78, 5) is 46.9. The molecule has 5 rings (SSSR count). The normalized spacial score (nSPS) is 15.7. The lowest BCUT2D eigenvalue weighted by molar-refractivity contribution is -0.135. The van der Waals surface area contributed by atoms with Crippen molar-refractivity contribution in [1.29, 1.82) is 0 Å². The maximum atomic E-state index is 13.1. The number of nitrogens with zero attached hydrogens (tertiary/aromatic N) is 3. The predicted molar refractivity (Wildman–Crippen MR) is 134 cm³/mol. The lowest BCUT2D eigenvalue weighted by atomic mass is 10.1. The van der Waals surface area contributed by atoms with Gasteiger partial charge in [0.05, 0.1) is 34.2 Å². The molecule has 0 radical (unpaired) electrons. The summed E-state index contributed by atoms with van der Waals surface area (Å²) in [6.45, 7) is 2.55. The van der Waals surface area contributed by atoms with Crippen molar-refractivity contribution in [3.05, 3.63) is 47.0 Å². The summed E-state index contributed by atoms with van der Waals surface area (Å²) in [6.07, 6.45) is 2.64. The number of nitrogens with one attached hydrogen (secondary N) is 2. The summed E-state index contributed by atoms with van der Waals surface area (Å²) in [6, 6.07) is 8.71. The highest BCUT2D eigenvalue weighted by Crippen LogP contribution is 2.46. The van der Waals surface area contributed by atoms with Gasteiger partial charge < -0.3 is 15.5 Å². The van der Waals surface area contributed by atoms with E-state index in [9.17, 15) is 22.8 Å². The smallest absolute Gasteiger partial charge is 0.331 e. The third-order valence-electron chi connectivity index (χ3n) is 6.06. The molecule has 1 fully saturated rings. The number of hydrogen-bond acceptors (Lipinski definition) is 7. The zero-order valence-electron chi connectivity index (χ0n) is 19.1. The summed E-state index contributed by atoms with van der Waals surface area (Å²) in [5, 5.41) is 6.48. The second-order valence-electron chi connectivity index (χ2n) is 8.72. The number of urea groups is 1. The van der Waals surface area contributed by atoms with E-state index in [4.69, 9.17) is 0 Å². The summed E-state index contributed by atoms with van der Waals surface area (Å²) < 4.78 is 22.5. The van der Waals surface area contributed by atoms with Crippen molar-refractivity contribution in [3.63, 3.8) is 0 Å². The molecule has 2 aliphatic heterocycles. The van der Waals surface area contributed by atoms with Crippen LogP contribution in [0.25, 0.3) is 10.2 Å². The van der Waals surface area contributed by atoms with Crippen LogP contribution in [0, 0.1) is 6.92 Å². The number of carbonyl (C=O) groups excluding carboxylic acids is 3. The van der Waals surface area contributed by atoms with Gasteiger partial charge in [0.2, 0.25) is 5.91 Å². The highest BCUT2D eigenvalue weighted by Gasteiger charge is 2.36. The Kier molecular flexibility index (Phi) is 5.72. The lowest BCUT2D eigenvalue weighted by Gasteiger charge is -2.39. The summed E-state index contributed by atoms with van der Waals surface area (Å²) in [5.74, 6) is -0.805. The topological polar surface area (TPSA) is 129 Å². The summed E-state index contributed by atoms with van der Waals surface area (Å²) >= 11 is 1.20. The number of carbonyl (C=O) groups is 3. The molecule has 35 heavy (non-hydrogen) atoms. The molecule has 0 bridgehead atoms. The molecule has 0 spiro atoms. The van der Waals surface area contributed by atoms with Crippen molar-refractivity contribution in [2.75, 3.05) is 35.3 Å². The van der Waals surface area contributed by atoms with E-state index in [1.165, 1.54) is 16.2 Å². The Morgan fingerprint density at radius 2 is 1.94 bits per heavy atom. The minimum Gasteiger partial charge on any atom is -0.345 e.